The number of rotatable bonds is 8. The van der Waals surface area contributed by atoms with Crippen LogP contribution in [0.15, 0.2) is 119 Å². The number of nitrogens with zero attached hydrogens (tertiary/aromatic N) is 2. The number of alkyl halides is 2. The lowest BCUT2D eigenvalue weighted by atomic mass is 10.3. The highest BCUT2D eigenvalue weighted by Gasteiger charge is 2.36. The van der Waals surface area contributed by atoms with Crippen molar-refractivity contribution in [2.75, 3.05) is 0 Å². The Balaban J connectivity index is 1.43. The van der Waals surface area contributed by atoms with E-state index in [9.17, 15) is 0 Å². The summed E-state index contributed by atoms with van der Waals surface area (Å²) in [4.78, 5) is 8.56. The Hall–Kier alpha value is -3.02. The third kappa shape index (κ3) is 7.00. The molecule has 0 heterocycles. The Morgan fingerprint density at radius 1 is 0.486 bits per heavy atom. The van der Waals surface area contributed by atoms with Gasteiger partial charge in [0.15, 0.2) is 0 Å². The van der Waals surface area contributed by atoms with Crippen molar-refractivity contribution >= 4 is 68.1 Å². The molecule has 0 saturated carbocycles. The molecule has 0 aliphatic heterocycles. The molecule has 8 heteroatoms. The van der Waals surface area contributed by atoms with Crippen LogP contribution in [0.2, 0.25) is 0 Å². The van der Waals surface area contributed by atoms with Crippen molar-refractivity contribution in [3.63, 3.8) is 0 Å². The average molecular weight is 544 g/mol. The van der Waals surface area contributed by atoms with Gasteiger partial charge < -0.3 is 9.47 Å². The van der Waals surface area contributed by atoms with Gasteiger partial charge in [0, 0.05) is 0 Å². The Morgan fingerprint density at radius 2 is 0.800 bits per heavy atom. The van der Waals surface area contributed by atoms with Crippen molar-refractivity contribution < 1.29 is 9.47 Å². The Morgan fingerprint density at radius 3 is 1.14 bits per heavy atom. The van der Waals surface area contributed by atoms with Crippen molar-refractivity contribution in [1.29, 1.82) is 0 Å². The molecule has 0 atom stereocenters. The smallest absolute Gasteiger partial charge is 0.222 e. The maximum absolute atomic E-state index is 6.40. The second-order valence-corrected chi connectivity index (χ2v) is 9.24. The molecule has 0 aliphatic rings. The summed E-state index contributed by atoms with van der Waals surface area (Å²) in [7, 11) is 0. The van der Waals surface area contributed by atoms with Crippen LogP contribution >= 0.6 is 46.4 Å². The topological polar surface area (TPSA) is 43.2 Å². The van der Waals surface area contributed by atoms with Gasteiger partial charge in [-0.05, 0) is 72.8 Å². The minimum absolute atomic E-state index is 0.143. The van der Waals surface area contributed by atoms with Gasteiger partial charge in [0.2, 0.25) is 4.33 Å². The molecule has 4 nitrogen and oxygen atoms in total. The van der Waals surface area contributed by atoms with Crippen LogP contribution in [0.5, 0.6) is 23.0 Å². The molecule has 0 spiro atoms. The normalized spacial score (nSPS) is 12.3. The van der Waals surface area contributed by atoms with Crippen molar-refractivity contribution in [3.8, 4) is 23.0 Å². The number of ether oxygens (including phenoxy) is 2. The average Bonchev–Trinajstić information content (AvgIpc) is 2.87. The molecule has 4 aromatic rings. The SMILES string of the molecule is Cl/C(=N\c1ccc(Oc2ccccc2)cc1)C(Cl)(Cl)/C(Cl)=N/c1ccc(Oc2ccccc2)cc1. The summed E-state index contributed by atoms with van der Waals surface area (Å²) in [5.74, 6) is 2.75. The number of halogens is 4. The summed E-state index contributed by atoms with van der Waals surface area (Å²) >= 11 is 25.5. The van der Waals surface area contributed by atoms with E-state index in [2.05, 4.69) is 9.98 Å². The van der Waals surface area contributed by atoms with Gasteiger partial charge in [-0.2, -0.15) is 0 Å². The first kappa shape index (κ1) is 25.1. The number of benzene rings is 4. The minimum atomic E-state index is -1.83. The largest absolute Gasteiger partial charge is 0.457 e. The van der Waals surface area contributed by atoms with Crippen LogP contribution in [0.3, 0.4) is 0 Å². The molecular weight excluding hydrogens is 526 g/mol. The third-order valence-electron chi connectivity index (χ3n) is 4.60. The lowest BCUT2D eigenvalue weighted by molar-refractivity contribution is 0.482. The molecule has 0 amide bonds. The molecule has 0 fully saturated rings. The van der Waals surface area contributed by atoms with E-state index >= 15 is 0 Å². The van der Waals surface area contributed by atoms with Crippen LogP contribution in [0.1, 0.15) is 0 Å². The standard InChI is InChI=1S/C27H18Cl4N2O2/c28-25(32-19-11-15-23(16-12-19)34-21-7-3-1-4-8-21)27(30,31)26(29)33-20-13-17-24(18-14-20)35-22-9-5-2-6-10-22/h1-18H/b32-25-,33-26-. The summed E-state index contributed by atoms with van der Waals surface area (Å²) in [6.07, 6.45) is 0. The summed E-state index contributed by atoms with van der Waals surface area (Å²) < 4.78 is 9.71. The molecule has 35 heavy (non-hydrogen) atoms. The fraction of sp³-hybridized carbons (Fsp3) is 0.0370. The van der Waals surface area contributed by atoms with Crippen LogP contribution in [-0.2, 0) is 0 Å². The van der Waals surface area contributed by atoms with Crippen LogP contribution in [0.25, 0.3) is 0 Å². The zero-order valence-electron chi connectivity index (χ0n) is 18.1. The van der Waals surface area contributed by atoms with Gasteiger partial charge in [-0.3, -0.25) is 0 Å². The van der Waals surface area contributed by atoms with Gasteiger partial charge in [-0.25, -0.2) is 9.98 Å². The lowest BCUT2D eigenvalue weighted by Gasteiger charge is -2.16. The van der Waals surface area contributed by atoms with E-state index in [-0.39, 0.29) is 10.3 Å². The van der Waals surface area contributed by atoms with Gasteiger partial charge in [0.05, 0.1) is 11.4 Å². The van der Waals surface area contributed by atoms with Gasteiger partial charge in [-0.15, -0.1) is 0 Å². The van der Waals surface area contributed by atoms with Crippen molar-refractivity contribution in [1.82, 2.24) is 0 Å². The Labute approximate surface area is 223 Å². The maximum atomic E-state index is 6.40. The molecule has 0 aromatic heterocycles. The minimum Gasteiger partial charge on any atom is -0.457 e. The molecule has 0 radical (unpaired) electrons. The van der Waals surface area contributed by atoms with Crippen LogP contribution in [-0.4, -0.2) is 14.7 Å². The van der Waals surface area contributed by atoms with Crippen LogP contribution in [0, 0.1) is 0 Å². The van der Waals surface area contributed by atoms with Crippen molar-refractivity contribution in [2.24, 2.45) is 9.98 Å². The van der Waals surface area contributed by atoms with Crippen LogP contribution < -0.4 is 9.47 Å². The highest BCUT2D eigenvalue weighted by Crippen LogP contribution is 2.34. The summed E-state index contributed by atoms with van der Waals surface area (Å²) in [6, 6.07) is 32.8. The highest BCUT2D eigenvalue weighted by atomic mass is 35.5. The first-order chi connectivity index (χ1) is 16.9. The quantitative estimate of drug-likeness (QED) is 0.164. The van der Waals surface area contributed by atoms with E-state index in [1.54, 1.807) is 48.5 Å². The van der Waals surface area contributed by atoms with E-state index in [0.717, 1.165) is 11.5 Å². The number of hydrogen-bond donors (Lipinski definition) is 0. The van der Waals surface area contributed by atoms with E-state index in [1.165, 1.54) is 0 Å². The Bertz CT molecular complexity index is 1210. The van der Waals surface area contributed by atoms with Crippen molar-refractivity contribution in [2.45, 2.75) is 4.33 Å². The molecule has 0 saturated heterocycles. The van der Waals surface area contributed by atoms with Gasteiger partial charge >= 0.3 is 0 Å². The van der Waals surface area contributed by atoms with Gasteiger partial charge in [-0.1, -0.05) is 82.8 Å². The zero-order valence-corrected chi connectivity index (χ0v) is 21.1. The van der Waals surface area contributed by atoms with E-state index in [4.69, 9.17) is 55.9 Å². The molecular formula is C27H18Cl4N2O2. The second kappa shape index (κ2) is 11.6. The molecule has 0 aliphatic carbocycles. The molecule has 0 unspecified atom stereocenters. The summed E-state index contributed by atoms with van der Waals surface area (Å²) in [5, 5.41) is -0.286. The van der Waals surface area contributed by atoms with E-state index in [0.29, 0.717) is 22.9 Å². The fourth-order valence-electron chi connectivity index (χ4n) is 2.88. The number of para-hydroxylation sites is 2. The molecule has 0 N–H and O–H groups in total. The maximum Gasteiger partial charge on any atom is 0.222 e. The number of hydrogen-bond acceptors (Lipinski definition) is 4. The van der Waals surface area contributed by atoms with Crippen molar-refractivity contribution in [3.05, 3.63) is 109 Å². The molecule has 176 valence electrons. The number of aliphatic imine (C=N–C) groups is 2. The molecule has 4 rings (SSSR count). The Kier molecular flexibility index (Phi) is 8.32. The van der Waals surface area contributed by atoms with E-state index in [1.807, 2.05) is 60.7 Å². The first-order valence-electron chi connectivity index (χ1n) is 10.4. The monoisotopic (exact) mass is 542 g/mol. The summed E-state index contributed by atoms with van der Waals surface area (Å²) in [5.41, 5.74) is 1.04. The first-order valence-corrected chi connectivity index (χ1v) is 11.9. The molecule has 0 bridgehead atoms. The lowest BCUT2D eigenvalue weighted by Crippen LogP contribution is -2.28. The molecule has 4 aromatic carbocycles. The predicted molar refractivity (Wildman–Crippen MR) is 146 cm³/mol. The van der Waals surface area contributed by atoms with Gasteiger partial charge in [0.25, 0.3) is 0 Å². The predicted octanol–water partition coefficient (Wildman–Crippen LogP) is 9.68. The summed E-state index contributed by atoms with van der Waals surface area (Å²) in [6.45, 7) is 0. The van der Waals surface area contributed by atoms with Gasteiger partial charge in [0.1, 0.15) is 33.3 Å². The fourth-order valence-corrected chi connectivity index (χ4v) is 3.47. The third-order valence-corrected chi connectivity index (χ3v) is 6.44. The zero-order chi connectivity index (χ0) is 24.7. The van der Waals surface area contributed by atoms with E-state index < -0.39 is 4.33 Å². The highest BCUT2D eigenvalue weighted by molar-refractivity contribution is 6.93. The van der Waals surface area contributed by atoms with Crippen LogP contribution in [0.4, 0.5) is 11.4 Å². The second-order valence-electron chi connectivity index (χ2n) is 7.20.